The molecule has 0 saturated carbocycles. The molecule has 0 radical (unpaired) electrons. The van der Waals surface area contributed by atoms with Gasteiger partial charge in [-0.3, -0.25) is 0 Å². The lowest BCUT2D eigenvalue weighted by Crippen LogP contribution is -2.39. The van der Waals surface area contributed by atoms with Gasteiger partial charge in [0.25, 0.3) is 0 Å². The van der Waals surface area contributed by atoms with Gasteiger partial charge in [0, 0.05) is 31.5 Å². The molecule has 2 N–H and O–H groups in total. The van der Waals surface area contributed by atoms with Crippen molar-refractivity contribution in [3.05, 3.63) is 48.3 Å². The van der Waals surface area contributed by atoms with Crippen molar-refractivity contribution < 1.29 is 4.74 Å². The van der Waals surface area contributed by atoms with Crippen LogP contribution in [0, 0.1) is 5.92 Å². The first-order valence-corrected chi connectivity index (χ1v) is 9.38. The van der Waals surface area contributed by atoms with Gasteiger partial charge < -0.3 is 15.4 Å². The number of hydrogen-bond donors (Lipinski definition) is 2. The molecule has 6 nitrogen and oxygen atoms in total. The van der Waals surface area contributed by atoms with Crippen LogP contribution in [0.3, 0.4) is 0 Å². The maximum Gasteiger partial charge on any atom is 0.191 e. The van der Waals surface area contributed by atoms with Crippen LogP contribution in [-0.4, -0.2) is 42.0 Å². The van der Waals surface area contributed by atoms with E-state index in [1.807, 2.05) is 47.4 Å². The van der Waals surface area contributed by atoms with Crippen molar-refractivity contribution in [2.24, 2.45) is 10.9 Å². The van der Waals surface area contributed by atoms with E-state index >= 15 is 0 Å². The summed E-state index contributed by atoms with van der Waals surface area (Å²) in [4.78, 5) is 4.62. The fourth-order valence-corrected chi connectivity index (χ4v) is 2.34. The number of rotatable bonds is 10. The summed E-state index contributed by atoms with van der Waals surface area (Å²) in [6.07, 6.45) is 4.96. The molecular formula is C20H32IN5O. The van der Waals surface area contributed by atoms with E-state index in [1.165, 1.54) is 0 Å². The van der Waals surface area contributed by atoms with E-state index < -0.39 is 0 Å². The highest BCUT2D eigenvalue weighted by molar-refractivity contribution is 14.0. The minimum absolute atomic E-state index is 0. The van der Waals surface area contributed by atoms with Crippen LogP contribution in [0.1, 0.15) is 32.8 Å². The third-order valence-corrected chi connectivity index (χ3v) is 3.80. The highest BCUT2D eigenvalue weighted by atomic mass is 127. The minimum atomic E-state index is 0. The van der Waals surface area contributed by atoms with E-state index in [2.05, 4.69) is 41.5 Å². The van der Waals surface area contributed by atoms with E-state index in [1.54, 1.807) is 0 Å². The summed E-state index contributed by atoms with van der Waals surface area (Å²) < 4.78 is 7.50. The topological polar surface area (TPSA) is 63.5 Å². The van der Waals surface area contributed by atoms with Gasteiger partial charge >= 0.3 is 0 Å². The second-order valence-electron chi connectivity index (χ2n) is 6.55. The molecule has 0 bridgehead atoms. The zero-order valence-electron chi connectivity index (χ0n) is 16.5. The molecule has 0 aliphatic heterocycles. The van der Waals surface area contributed by atoms with Gasteiger partial charge in [0.15, 0.2) is 5.96 Å². The van der Waals surface area contributed by atoms with Crippen LogP contribution < -0.4 is 10.6 Å². The Balaban J connectivity index is 0.00000364. The molecular weight excluding hydrogens is 453 g/mol. The fourth-order valence-electron chi connectivity index (χ4n) is 2.34. The molecule has 2 rings (SSSR count). The lowest BCUT2D eigenvalue weighted by atomic mass is 10.1. The van der Waals surface area contributed by atoms with Crippen LogP contribution in [0.5, 0.6) is 0 Å². The monoisotopic (exact) mass is 485 g/mol. The van der Waals surface area contributed by atoms with E-state index in [0.29, 0.717) is 19.1 Å². The molecule has 0 aliphatic carbocycles. The normalized spacial score (nSPS) is 11.3. The number of hydrogen-bond acceptors (Lipinski definition) is 3. The highest BCUT2D eigenvalue weighted by Gasteiger charge is 2.02. The lowest BCUT2D eigenvalue weighted by molar-refractivity contribution is 0.128. The third kappa shape index (κ3) is 9.23. The van der Waals surface area contributed by atoms with E-state index in [0.717, 1.165) is 43.3 Å². The van der Waals surface area contributed by atoms with Gasteiger partial charge in [-0.05, 0) is 31.4 Å². The van der Waals surface area contributed by atoms with Crippen LogP contribution in [0.2, 0.25) is 0 Å². The number of halogens is 1. The Hall–Kier alpha value is -1.61. The molecule has 0 atom stereocenters. The van der Waals surface area contributed by atoms with Crippen molar-refractivity contribution in [3.63, 3.8) is 0 Å². The number of nitrogens with zero attached hydrogens (tertiary/aromatic N) is 3. The van der Waals surface area contributed by atoms with Crippen molar-refractivity contribution in [2.45, 2.75) is 33.7 Å². The molecule has 0 amide bonds. The van der Waals surface area contributed by atoms with Crippen molar-refractivity contribution >= 4 is 29.9 Å². The minimum Gasteiger partial charge on any atom is -0.380 e. The second kappa shape index (κ2) is 13.5. The van der Waals surface area contributed by atoms with Gasteiger partial charge in [0.2, 0.25) is 0 Å². The first-order valence-electron chi connectivity index (χ1n) is 9.38. The van der Waals surface area contributed by atoms with Gasteiger partial charge in [-0.1, -0.05) is 32.0 Å². The Bertz CT molecular complexity index is 657. The largest absolute Gasteiger partial charge is 0.380 e. The summed E-state index contributed by atoms with van der Waals surface area (Å²) in [5.74, 6) is 1.48. The number of guanidine groups is 1. The molecule has 0 saturated heterocycles. The molecule has 7 heteroatoms. The first-order chi connectivity index (χ1) is 12.7. The maximum atomic E-state index is 5.63. The quantitative estimate of drug-likeness (QED) is 0.234. The van der Waals surface area contributed by atoms with Crippen molar-refractivity contribution in [2.75, 3.05) is 26.3 Å². The predicted octanol–water partition coefficient (Wildman–Crippen LogP) is 3.61. The van der Waals surface area contributed by atoms with Gasteiger partial charge in [-0.15, -0.1) is 24.0 Å². The Kier molecular flexibility index (Phi) is 11.8. The Morgan fingerprint density at radius 1 is 1.19 bits per heavy atom. The molecule has 0 fully saturated rings. The van der Waals surface area contributed by atoms with Crippen LogP contribution in [0.15, 0.2) is 47.7 Å². The van der Waals surface area contributed by atoms with Gasteiger partial charge in [-0.25, -0.2) is 9.67 Å². The first kappa shape index (κ1) is 23.4. The molecule has 1 aromatic heterocycles. The number of aromatic nitrogens is 2. The number of aliphatic imine (C=N–C) groups is 1. The SMILES string of the molecule is CCNC(=NCc1cnn(-c2ccccc2)c1)NCCOCCC(C)C.I. The molecule has 150 valence electrons. The Morgan fingerprint density at radius 3 is 2.67 bits per heavy atom. The second-order valence-corrected chi connectivity index (χ2v) is 6.55. The van der Waals surface area contributed by atoms with Crippen LogP contribution >= 0.6 is 24.0 Å². The Morgan fingerprint density at radius 2 is 1.96 bits per heavy atom. The van der Waals surface area contributed by atoms with Gasteiger partial charge in [0.05, 0.1) is 25.0 Å². The summed E-state index contributed by atoms with van der Waals surface area (Å²) in [5, 5.41) is 11.0. The summed E-state index contributed by atoms with van der Waals surface area (Å²) in [6.45, 7) is 10.1. The van der Waals surface area contributed by atoms with Crippen molar-refractivity contribution in [3.8, 4) is 5.69 Å². The van der Waals surface area contributed by atoms with Crippen LogP contribution in [-0.2, 0) is 11.3 Å². The lowest BCUT2D eigenvalue weighted by Gasteiger charge is -2.11. The van der Waals surface area contributed by atoms with E-state index in [4.69, 9.17) is 4.74 Å². The molecule has 1 aromatic carbocycles. The highest BCUT2D eigenvalue weighted by Crippen LogP contribution is 2.08. The van der Waals surface area contributed by atoms with E-state index in [-0.39, 0.29) is 24.0 Å². The predicted molar refractivity (Wildman–Crippen MR) is 122 cm³/mol. The van der Waals surface area contributed by atoms with E-state index in [9.17, 15) is 0 Å². The summed E-state index contributed by atoms with van der Waals surface area (Å²) in [6, 6.07) is 10.1. The molecule has 27 heavy (non-hydrogen) atoms. The zero-order chi connectivity index (χ0) is 18.6. The average Bonchev–Trinajstić information content (AvgIpc) is 3.12. The summed E-state index contributed by atoms with van der Waals surface area (Å²) in [7, 11) is 0. The third-order valence-electron chi connectivity index (χ3n) is 3.80. The molecule has 1 heterocycles. The fraction of sp³-hybridized carbons (Fsp3) is 0.500. The summed E-state index contributed by atoms with van der Waals surface area (Å²) >= 11 is 0. The number of nitrogens with one attached hydrogen (secondary N) is 2. The molecule has 2 aromatic rings. The smallest absolute Gasteiger partial charge is 0.191 e. The van der Waals surface area contributed by atoms with Gasteiger partial charge in [0.1, 0.15) is 0 Å². The zero-order valence-corrected chi connectivity index (χ0v) is 18.8. The molecule has 0 spiro atoms. The molecule has 0 aliphatic rings. The number of ether oxygens (including phenoxy) is 1. The van der Waals surface area contributed by atoms with Gasteiger partial charge in [-0.2, -0.15) is 5.10 Å². The Labute approximate surface area is 179 Å². The number of benzene rings is 1. The molecule has 0 unspecified atom stereocenters. The average molecular weight is 485 g/mol. The summed E-state index contributed by atoms with van der Waals surface area (Å²) in [5.41, 5.74) is 2.12. The van der Waals surface area contributed by atoms with Crippen LogP contribution in [0.4, 0.5) is 0 Å². The van der Waals surface area contributed by atoms with Crippen molar-refractivity contribution in [1.29, 1.82) is 0 Å². The standard InChI is InChI=1S/C20H31N5O.HI/c1-4-21-20(22-11-13-26-12-10-17(2)3)23-14-18-15-24-25(16-18)19-8-6-5-7-9-19;/h5-9,15-17H,4,10-14H2,1-3H3,(H2,21,22,23);1H. The number of para-hydroxylation sites is 1. The van der Waals surface area contributed by atoms with Crippen LogP contribution in [0.25, 0.3) is 5.69 Å². The maximum absolute atomic E-state index is 5.63. The van der Waals surface area contributed by atoms with Crippen molar-refractivity contribution in [1.82, 2.24) is 20.4 Å².